The summed E-state index contributed by atoms with van der Waals surface area (Å²) in [7, 11) is 2.25. The smallest absolute Gasteiger partial charge is 0.0411 e. The molecule has 3 aliphatic rings. The van der Waals surface area contributed by atoms with Crippen LogP contribution >= 0.6 is 0 Å². The van der Waals surface area contributed by atoms with Gasteiger partial charge in [0.05, 0.1) is 0 Å². The summed E-state index contributed by atoms with van der Waals surface area (Å²) in [5, 5.41) is 0. The molecular weight excluding hydrogens is 410 g/mol. The minimum absolute atomic E-state index is 0.235. The van der Waals surface area contributed by atoms with Gasteiger partial charge in [-0.2, -0.15) is 0 Å². The number of likely N-dealkylation sites (N-methyl/N-ethyl adjacent to an activating group) is 1. The third-order valence-corrected chi connectivity index (χ3v) is 8.49. The van der Waals surface area contributed by atoms with Crippen molar-refractivity contribution in [1.29, 1.82) is 0 Å². The largest absolute Gasteiger partial charge is 0.345 e. The molecule has 0 N–H and O–H groups in total. The van der Waals surface area contributed by atoms with E-state index in [9.17, 15) is 0 Å². The number of allylic oxidation sites excluding steroid dienone is 7. The van der Waals surface area contributed by atoms with Crippen LogP contribution in [0.4, 0.5) is 5.69 Å². The quantitative estimate of drug-likeness (QED) is 0.282. The standard InChI is InChI=1S/C33H47N/c1-5-7-9-14-22-33(23-15-10-8-6-2)31-24-26(3)18-20-29(31)30-21-19-28(25-32(30)33)34(4)27-16-12-11-13-17-27/h12,16-21,25-26H,5-11,13-15,22-24H2,1-4H3. The van der Waals surface area contributed by atoms with Crippen LogP contribution in [0.25, 0.3) is 5.57 Å². The summed E-state index contributed by atoms with van der Waals surface area (Å²) in [6.45, 7) is 7.07. The summed E-state index contributed by atoms with van der Waals surface area (Å²) in [4.78, 5) is 2.41. The van der Waals surface area contributed by atoms with Gasteiger partial charge >= 0.3 is 0 Å². The first-order valence-electron chi connectivity index (χ1n) is 14.3. The molecule has 1 heteroatoms. The Hall–Kier alpha value is -2.02. The van der Waals surface area contributed by atoms with Crippen LogP contribution in [0.2, 0.25) is 0 Å². The normalized spacial score (nSPS) is 20.4. The van der Waals surface area contributed by atoms with Gasteiger partial charge in [0.15, 0.2) is 0 Å². The fourth-order valence-corrected chi connectivity index (χ4v) is 6.50. The monoisotopic (exact) mass is 457 g/mol. The fraction of sp³-hybridized carbons (Fsp3) is 0.576. The Morgan fingerprint density at radius 1 is 0.912 bits per heavy atom. The maximum atomic E-state index is 2.58. The number of nitrogens with zero attached hydrogens (tertiary/aromatic N) is 1. The van der Waals surface area contributed by atoms with Gasteiger partial charge in [0.2, 0.25) is 0 Å². The molecule has 3 aliphatic carbocycles. The van der Waals surface area contributed by atoms with Gasteiger partial charge in [-0.3, -0.25) is 0 Å². The van der Waals surface area contributed by atoms with Gasteiger partial charge in [-0.15, -0.1) is 0 Å². The highest BCUT2D eigenvalue weighted by atomic mass is 15.1. The molecule has 1 aromatic rings. The zero-order chi connectivity index (χ0) is 24.0. The van der Waals surface area contributed by atoms with Gasteiger partial charge in [0, 0.05) is 23.8 Å². The molecule has 184 valence electrons. The summed E-state index contributed by atoms with van der Waals surface area (Å²) in [6, 6.07) is 7.39. The summed E-state index contributed by atoms with van der Waals surface area (Å²) >= 11 is 0. The zero-order valence-electron chi connectivity index (χ0n) is 22.3. The number of benzene rings is 1. The lowest BCUT2D eigenvalue weighted by Crippen LogP contribution is -2.29. The van der Waals surface area contributed by atoms with E-state index in [2.05, 4.69) is 81.3 Å². The van der Waals surface area contributed by atoms with Crippen LogP contribution in [-0.2, 0) is 5.41 Å². The van der Waals surface area contributed by atoms with Crippen molar-refractivity contribution in [2.24, 2.45) is 5.92 Å². The lowest BCUT2D eigenvalue weighted by molar-refractivity contribution is 0.376. The molecule has 0 bridgehead atoms. The number of hydrogen-bond acceptors (Lipinski definition) is 1. The zero-order valence-corrected chi connectivity index (χ0v) is 22.3. The number of hydrogen-bond donors (Lipinski definition) is 0. The van der Waals surface area contributed by atoms with Crippen molar-refractivity contribution in [3.8, 4) is 0 Å². The average molecular weight is 458 g/mol. The topological polar surface area (TPSA) is 3.24 Å². The number of anilines is 1. The molecule has 0 aromatic heterocycles. The van der Waals surface area contributed by atoms with E-state index in [-0.39, 0.29) is 5.41 Å². The second kappa shape index (κ2) is 11.6. The molecule has 1 unspecified atom stereocenters. The summed E-state index contributed by atoms with van der Waals surface area (Å²) < 4.78 is 0. The SMILES string of the molecule is CCCCCCC1(CCCCCC)C2=C(C=CC(C)C2)c2ccc(N(C)C3=CCCC=C3)cc21. The van der Waals surface area contributed by atoms with Crippen LogP contribution in [0.5, 0.6) is 0 Å². The van der Waals surface area contributed by atoms with Crippen molar-refractivity contribution in [2.75, 3.05) is 11.9 Å². The van der Waals surface area contributed by atoms with E-state index in [0.29, 0.717) is 5.92 Å². The van der Waals surface area contributed by atoms with E-state index < -0.39 is 0 Å². The molecule has 4 rings (SSSR count). The van der Waals surface area contributed by atoms with Crippen molar-refractivity contribution in [2.45, 2.75) is 110 Å². The highest BCUT2D eigenvalue weighted by Crippen LogP contribution is 2.56. The van der Waals surface area contributed by atoms with Crippen LogP contribution in [0, 0.1) is 5.92 Å². The summed E-state index contributed by atoms with van der Waals surface area (Å²) in [5.74, 6) is 0.651. The molecule has 0 saturated heterocycles. The molecule has 0 saturated carbocycles. The van der Waals surface area contributed by atoms with E-state index >= 15 is 0 Å². The van der Waals surface area contributed by atoms with Gasteiger partial charge in [-0.05, 0) is 72.9 Å². The second-order valence-electron chi connectivity index (χ2n) is 11.0. The molecule has 0 radical (unpaired) electrons. The Bertz CT molecular complexity index is 945. The van der Waals surface area contributed by atoms with Gasteiger partial charge in [-0.25, -0.2) is 0 Å². The third-order valence-electron chi connectivity index (χ3n) is 8.49. The molecule has 0 heterocycles. The van der Waals surface area contributed by atoms with Crippen LogP contribution in [0.1, 0.15) is 115 Å². The van der Waals surface area contributed by atoms with Gasteiger partial charge in [0.1, 0.15) is 0 Å². The Balaban J connectivity index is 1.74. The van der Waals surface area contributed by atoms with Crippen molar-refractivity contribution in [1.82, 2.24) is 0 Å². The third kappa shape index (κ3) is 5.14. The first-order valence-corrected chi connectivity index (χ1v) is 14.3. The van der Waals surface area contributed by atoms with E-state index in [1.165, 1.54) is 94.0 Å². The molecule has 1 nitrogen and oxygen atoms in total. The highest BCUT2D eigenvalue weighted by Gasteiger charge is 2.44. The van der Waals surface area contributed by atoms with E-state index in [0.717, 1.165) is 6.42 Å². The summed E-state index contributed by atoms with van der Waals surface area (Å²) in [6.07, 6.45) is 28.9. The van der Waals surface area contributed by atoms with E-state index in [1.54, 1.807) is 16.7 Å². The van der Waals surface area contributed by atoms with E-state index in [1.807, 2.05) is 0 Å². The van der Waals surface area contributed by atoms with Crippen molar-refractivity contribution in [3.05, 3.63) is 71.0 Å². The predicted octanol–water partition coefficient (Wildman–Crippen LogP) is 9.90. The Morgan fingerprint density at radius 2 is 1.65 bits per heavy atom. The molecular formula is C33H47N. The molecule has 0 spiro atoms. The predicted molar refractivity (Wildman–Crippen MR) is 150 cm³/mol. The Kier molecular flexibility index (Phi) is 8.56. The number of rotatable bonds is 12. The maximum absolute atomic E-state index is 2.58. The molecule has 0 aliphatic heterocycles. The minimum atomic E-state index is 0.235. The lowest BCUT2D eigenvalue weighted by Gasteiger charge is -2.37. The van der Waals surface area contributed by atoms with Gasteiger partial charge in [-0.1, -0.05) is 108 Å². The number of fused-ring (bicyclic) bond motifs is 2. The second-order valence-corrected chi connectivity index (χ2v) is 11.0. The van der Waals surface area contributed by atoms with Crippen LogP contribution in [0.15, 0.2) is 59.8 Å². The first kappa shape index (κ1) is 25.1. The highest BCUT2D eigenvalue weighted by molar-refractivity contribution is 5.88. The van der Waals surface area contributed by atoms with Gasteiger partial charge in [0.25, 0.3) is 0 Å². The van der Waals surface area contributed by atoms with Crippen molar-refractivity contribution < 1.29 is 0 Å². The molecule has 1 aromatic carbocycles. The number of unbranched alkanes of at least 4 members (excludes halogenated alkanes) is 6. The molecule has 34 heavy (non-hydrogen) atoms. The molecule has 1 atom stereocenters. The first-order chi connectivity index (χ1) is 16.6. The van der Waals surface area contributed by atoms with Crippen molar-refractivity contribution >= 4 is 11.3 Å². The molecule has 0 amide bonds. The average Bonchev–Trinajstić information content (AvgIpc) is 3.13. The fourth-order valence-electron chi connectivity index (χ4n) is 6.50. The maximum Gasteiger partial charge on any atom is 0.0411 e. The summed E-state index contributed by atoms with van der Waals surface area (Å²) in [5.41, 5.74) is 9.40. The van der Waals surface area contributed by atoms with Crippen LogP contribution in [-0.4, -0.2) is 7.05 Å². The van der Waals surface area contributed by atoms with Crippen LogP contribution < -0.4 is 4.90 Å². The van der Waals surface area contributed by atoms with Crippen molar-refractivity contribution in [3.63, 3.8) is 0 Å². The lowest BCUT2D eigenvalue weighted by atomic mass is 9.67. The Labute approximate surface area is 209 Å². The van der Waals surface area contributed by atoms with E-state index in [4.69, 9.17) is 0 Å². The Morgan fingerprint density at radius 3 is 2.29 bits per heavy atom. The molecule has 0 fully saturated rings. The minimum Gasteiger partial charge on any atom is -0.345 e. The van der Waals surface area contributed by atoms with Crippen LogP contribution in [0.3, 0.4) is 0 Å². The van der Waals surface area contributed by atoms with Gasteiger partial charge < -0.3 is 4.90 Å².